The highest BCUT2D eigenvalue weighted by atomic mass is 32.2. The van der Waals surface area contributed by atoms with Crippen molar-refractivity contribution in [3.05, 3.63) is 53.8 Å². The van der Waals surface area contributed by atoms with Gasteiger partial charge in [0.25, 0.3) is 0 Å². The third-order valence-corrected chi connectivity index (χ3v) is 6.69. The van der Waals surface area contributed by atoms with Crippen LogP contribution in [0.25, 0.3) is 0 Å². The molecule has 0 unspecified atom stereocenters. The fourth-order valence-electron chi connectivity index (χ4n) is 3.20. The lowest BCUT2D eigenvalue weighted by molar-refractivity contribution is -0.274. The van der Waals surface area contributed by atoms with Crippen LogP contribution in [0, 0.1) is 23.4 Å². The average molecular weight is 482 g/mol. The van der Waals surface area contributed by atoms with Crippen LogP contribution in [0.5, 0.6) is 5.75 Å². The summed E-state index contributed by atoms with van der Waals surface area (Å²) in [6.45, 7) is -0.268. The van der Waals surface area contributed by atoms with Gasteiger partial charge in [-0.3, -0.25) is 4.79 Å². The number of benzene rings is 2. The number of anilines is 1. The molecule has 0 atom stereocenters. The summed E-state index contributed by atoms with van der Waals surface area (Å²) in [5.41, 5.74) is -0.551. The molecule has 1 heterocycles. The van der Waals surface area contributed by atoms with Crippen molar-refractivity contribution in [2.75, 3.05) is 18.4 Å². The van der Waals surface area contributed by atoms with Crippen LogP contribution in [0.2, 0.25) is 0 Å². The predicted molar refractivity (Wildman–Crippen MR) is 99.6 cm³/mol. The molecule has 13 heteroatoms. The zero-order valence-electron chi connectivity index (χ0n) is 16.1. The van der Waals surface area contributed by atoms with E-state index in [0.717, 1.165) is 34.6 Å². The second kappa shape index (κ2) is 8.98. The number of carbonyl (C=O) groups is 1. The first-order valence-corrected chi connectivity index (χ1v) is 10.6. The van der Waals surface area contributed by atoms with Gasteiger partial charge in [0, 0.05) is 25.1 Å². The Morgan fingerprint density at radius 3 is 2.31 bits per heavy atom. The van der Waals surface area contributed by atoms with Crippen LogP contribution in [0.1, 0.15) is 12.8 Å². The highest BCUT2D eigenvalue weighted by molar-refractivity contribution is 7.89. The van der Waals surface area contributed by atoms with Crippen LogP contribution in [0.4, 0.5) is 32.0 Å². The number of carbonyl (C=O) groups excluding carboxylic acids is 1. The van der Waals surface area contributed by atoms with Gasteiger partial charge in [-0.05, 0) is 37.1 Å². The van der Waals surface area contributed by atoms with Crippen LogP contribution in [-0.4, -0.2) is 38.1 Å². The average Bonchev–Trinajstić information content (AvgIpc) is 2.73. The van der Waals surface area contributed by atoms with E-state index < -0.39 is 62.0 Å². The lowest BCUT2D eigenvalue weighted by atomic mass is 9.97. The van der Waals surface area contributed by atoms with E-state index >= 15 is 0 Å². The summed E-state index contributed by atoms with van der Waals surface area (Å²) in [6.07, 6.45) is -4.94. The number of hydrogen-bond donors (Lipinski definition) is 1. The smallest absolute Gasteiger partial charge is 0.406 e. The summed E-state index contributed by atoms with van der Waals surface area (Å²) in [4.78, 5) is 11.9. The van der Waals surface area contributed by atoms with Crippen molar-refractivity contribution in [3.8, 4) is 5.75 Å². The van der Waals surface area contributed by atoms with Crippen molar-refractivity contribution < 1.29 is 44.3 Å². The molecule has 0 aliphatic carbocycles. The number of amides is 1. The van der Waals surface area contributed by atoms with Crippen LogP contribution >= 0.6 is 0 Å². The second-order valence-electron chi connectivity index (χ2n) is 6.91. The van der Waals surface area contributed by atoms with Crippen molar-refractivity contribution in [1.29, 1.82) is 0 Å². The first-order valence-electron chi connectivity index (χ1n) is 9.19. The summed E-state index contributed by atoms with van der Waals surface area (Å²) in [5.74, 6) is -6.84. The van der Waals surface area contributed by atoms with E-state index in [1.54, 1.807) is 0 Å². The van der Waals surface area contributed by atoms with E-state index in [2.05, 4.69) is 10.1 Å². The Kier molecular flexibility index (Phi) is 6.69. The summed E-state index contributed by atoms with van der Waals surface area (Å²) in [6, 6.07) is 5.43. The SMILES string of the molecule is O=C(Nc1ccc(F)c(F)c1F)C1CCN(S(=O)(=O)c2cccc(OC(F)(F)F)c2)CC1. The highest BCUT2D eigenvalue weighted by Gasteiger charge is 2.34. The van der Waals surface area contributed by atoms with Gasteiger partial charge in [0.05, 0.1) is 10.6 Å². The number of hydrogen-bond acceptors (Lipinski definition) is 4. The molecular weight excluding hydrogens is 466 g/mol. The molecule has 1 amide bonds. The van der Waals surface area contributed by atoms with Gasteiger partial charge in [0.15, 0.2) is 17.5 Å². The maximum atomic E-state index is 13.7. The molecule has 0 bridgehead atoms. The molecule has 1 aliphatic rings. The van der Waals surface area contributed by atoms with Crippen LogP contribution < -0.4 is 10.1 Å². The van der Waals surface area contributed by atoms with E-state index in [1.165, 1.54) is 0 Å². The van der Waals surface area contributed by atoms with Crippen molar-refractivity contribution in [1.82, 2.24) is 4.31 Å². The Labute approximate surface area is 178 Å². The topological polar surface area (TPSA) is 75.7 Å². The Morgan fingerprint density at radius 2 is 1.69 bits per heavy atom. The van der Waals surface area contributed by atoms with Crippen LogP contribution in [0.3, 0.4) is 0 Å². The van der Waals surface area contributed by atoms with Gasteiger partial charge < -0.3 is 10.1 Å². The fourth-order valence-corrected chi connectivity index (χ4v) is 4.70. The van der Waals surface area contributed by atoms with E-state index in [1.807, 2.05) is 0 Å². The highest BCUT2D eigenvalue weighted by Crippen LogP contribution is 2.29. The molecule has 0 saturated carbocycles. The molecule has 2 aromatic carbocycles. The number of ether oxygens (including phenoxy) is 1. The maximum absolute atomic E-state index is 13.7. The Bertz CT molecular complexity index is 1120. The summed E-state index contributed by atoms with van der Waals surface area (Å²) in [7, 11) is -4.16. The number of rotatable bonds is 5. The number of piperidine rings is 1. The summed E-state index contributed by atoms with van der Waals surface area (Å²) >= 11 is 0. The maximum Gasteiger partial charge on any atom is 0.573 e. The van der Waals surface area contributed by atoms with Crippen molar-refractivity contribution in [2.45, 2.75) is 24.1 Å². The molecule has 0 aromatic heterocycles. The Morgan fingerprint density at radius 1 is 1.03 bits per heavy atom. The molecule has 1 fully saturated rings. The molecule has 1 saturated heterocycles. The van der Waals surface area contributed by atoms with Crippen molar-refractivity contribution in [3.63, 3.8) is 0 Å². The zero-order valence-corrected chi connectivity index (χ0v) is 16.9. The quantitative estimate of drug-likeness (QED) is 0.516. The van der Waals surface area contributed by atoms with Gasteiger partial charge in [0.1, 0.15) is 5.75 Å². The van der Waals surface area contributed by atoms with E-state index in [9.17, 15) is 39.6 Å². The molecule has 0 spiro atoms. The van der Waals surface area contributed by atoms with E-state index in [4.69, 9.17) is 0 Å². The number of nitrogens with zero attached hydrogens (tertiary/aromatic N) is 1. The fraction of sp³-hybridized carbons (Fsp3) is 0.316. The molecule has 174 valence electrons. The molecule has 0 radical (unpaired) electrons. The van der Waals surface area contributed by atoms with Gasteiger partial charge in [-0.25, -0.2) is 21.6 Å². The lowest BCUT2D eigenvalue weighted by Crippen LogP contribution is -2.41. The van der Waals surface area contributed by atoms with Gasteiger partial charge in [-0.1, -0.05) is 6.07 Å². The second-order valence-corrected chi connectivity index (χ2v) is 8.85. The zero-order chi connectivity index (χ0) is 23.7. The van der Waals surface area contributed by atoms with Gasteiger partial charge in [-0.15, -0.1) is 13.2 Å². The number of halogens is 6. The Balaban J connectivity index is 1.65. The van der Waals surface area contributed by atoms with Gasteiger partial charge >= 0.3 is 6.36 Å². The number of nitrogens with one attached hydrogen (secondary N) is 1. The first kappa shape index (κ1) is 23.9. The third-order valence-electron chi connectivity index (χ3n) is 4.79. The van der Waals surface area contributed by atoms with Gasteiger partial charge in [0.2, 0.25) is 15.9 Å². The molecule has 1 aliphatic heterocycles. The van der Waals surface area contributed by atoms with Crippen LogP contribution in [0.15, 0.2) is 41.3 Å². The minimum atomic E-state index is -4.99. The third kappa shape index (κ3) is 5.33. The number of sulfonamides is 1. The summed E-state index contributed by atoms with van der Waals surface area (Å²) < 4.78 is 107. The van der Waals surface area contributed by atoms with Gasteiger partial charge in [-0.2, -0.15) is 4.31 Å². The largest absolute Gasteiger partial charge is 0.573 e. The molecule has 1 N–H and O–H groups in total. The van der Waals surface area contributed by atoms with Crippen LogP contribution in [-0.2, 0) is 14.8 Å². The monoisotopic (exact) mass is 482 g/mol. The normalized spacial score (nSPS) is 16.1. The molecule has 2 aromatic rings. The van der Waals surface area contributed by atoms with Crippen molar-refractivity contribution in [2.24, 2.45) is 5.92 Å². The standard InChI is InChI=1S/C19H16F6N2O4S/c20-14-4-5-15(17(22)16(14)21)26-18(28)11-6-8-27(9-7-11)32(29,30)13-3-1-2-12(10-13)31-19(23,24)25/h1-5,10-11H,6-9H2,(H,26,28). The first-order chi connectivity index (χ1) is 14.9. The minimum absolute atomic E-state index is 0.0229. The number of alkyl halides is 3. The molecular formula is C19H16F6N2O4S. The summed E-state index contributed by atoms with van der Waals surface area (Å²) in [5, 5.41) is 2.15. The molecule has 32 heavy (non-hydrogen) atoms. The Hall–Kier alpha value is -2.80. The lowest BCUT2D eigenvalue weighted by Gasteiger charge is -2.30. The van der Waals surface area contributed by atoms with Crippen molar-refractivity contribution >= 4 is 21.6 Å². The van der Waals surface area contributed by atoms with E-state index in [-0.39, 0.29) is 25.9 Å². The molecule has 6 nitrogen and oxygen atoms in total. The predicted octanol–water partition coefficient (Wildman–Crippen LogP) is 4.04. The minimum Gasteiger partial charge on any atom is -0.406 e. The molecule has 3 rings (SSSR count). The van der Waals surface area contributed by atoms with E-state index in [0.29, 0.717) is 6.07 Å².